The Bertz CT molecular complexity index is 698. The van der Waals surface area contributed by atoms with E-state index < -0.39 is 11.8 Å². The van der Waals surface area contributed by atoms with E-state index in [1.165, 1.54) is 18.5 Å². The number of hydrogen-bond donors (Lipinski definition) is 2. The molecule has 2 rings (SSSR count). The maximum absolute atomic E-state index is 11.6. The van der Waals surface area contributed by atoms with Crippen molar-refractivity contribution in [2.45, 2.75) is 0 Å². The highest BCUT2D eigenvalue weighted by Gasteiger charge is 2.06. The van der Waals surface area contributed by atoms with Crippen molar-refractivity contribution >= 4 is 29.6 Å². The predicted octanol–water partition coefficient (Wildman–Crippen LogP) is 1.56. The molecule has 0 saturated carbocycles. The second-order valence-electron chi connectivity index (χ2n) is 4.12. The number of amides is 2. The predicted molar refractivity (Wildman–Crippen MR) is 79.9 cm³/mol. The lowest BCUT2D eigenvalue weighted by Crippen LogP contribution is -2.20. The Hall–Kier alpha value is -2.80. The summed E-state index contributed by atoms with van der Waals surface area (Å²) in [5.74, 6) is -0.571. The Balaban J connectivity index is 1.95. The van der Waals surface area contributed by atoms with Crippen molar-refractivity contribution in [2.75, 3.05) is 6.61 Å². The molecule has 2 aromatic rings. The van der Waals surface area contributed by atoms with Crippen LogP contribution in [0.3, 0.4) is 0 Å². The molecule has 0 aliphatic carbocycles. The fraction of sp³-hybridized carbons (Fsp3) is 0.0714. The minimum atomic E-state index is -0.595. The van der Waals surface area contributed by atoms with Gasteiger partial charge in [-0.3, -0.25) is 9.59 Å². The molecular weight excluding hydrogens is 310 g/mol. The van der Waals surface area contributed by atoms with Crippen molar-refractivity contribution in [1.82, 2.24) is 5.43 Å². The van der Waals surface area contributed by atoms with Crippen molar-refractivity contribution in [3.05, 3.63) is 52.9 Å². The van der Waals surface area contributed by atoms with Gasteiger partial charge in [-0.15, -0.1) is 0 Å². The Morgan fingerprint density at radius 1 is 1.41 bits per heavy atom. The topological polar surface area (TPSA) is 107 Å². The fourth-order valence-electron chi connectivity index (χ4n) is 1.49. The molecule has 1 aromatic carbocycles. The number of halogens is 1. The molecule has 1 aromatic heterocycles. The molecule has 0 radical (unpaired) electrons. The van der Waals surface area contributed by atoms with E-state index in [4.69, 9.17) is 26.5 Å². The van der Waals surface area contributed by atoms with Gasteiger partial charge in [-0.1, -0.05) is 11.6 Å². The number of nitrogens with two attached hydrogens (primary N) is 1. The van der Waals surface area contributed by atoms with Crippen LogP contribution >= 0.6 is 11.6 Å². The number of nitrogens with one attached hydrogen (secondary N) is 1. The van der Waals surface area contributed by atoms with Gasteiger partial charge in [0.15, 0.2) is 12.4 Å². The lowest BCUT2D eigenvalue weighted by Gasteiger charge is -2.06. The molecule has 3 N–H and O–H groups in total. The molecular formula is C14H12ClN3O4. The summed E-state index contributed by atoms with van der Waals surface area (Å²) in [6.07, 6.45) is 2.80. The molecule has 0 atom stereocenters. The van der Waals surface area contributed by atoms with E-state index in [0.29, 0.717) is 16.3 Å². The van der Waals surface area contributed by atoms with E-state index in [9.17, 15) is 9.59 Å². The first-order valence-corrected chi connectivity index (χ1v) is 6.51. The minimum Gasteiger partial charge on any atom is -0.482 e. The average molecular weight is 322 g/mol. The summed E-state index contributed by atoms with van der Waals surface area (Å²) in [5.41, 5.74) is 7.92. The minimum absolute atomic E-state index is 0.158. The number of benzene rings is 1. The number of rotatable bonds is 6. The number of carbonyl (C=O) groups excluding carboxylic acids is 2. The van der Waals surface area contributed by atoms with E-state index in [2.05, 4.69) is 10.5 Å². The SMILES string of the molecule is NC(=O)COc1ccc(C=NNC(=O)c2ccco2)cc1Cl. The normalized spacial score (nSPS) is 10.6. The van der Waals surface area contributed by atoms with Crippen LogP contribution in [0.25, 0.3) is 0 Å². The van der Waals surface area contributed by atoms with Crippen LogP contribution in [0.5, 0.6) is 5.75 Å². The summed E-state index contributed by atoms with van der Waals surface area (Å²) in [7, 11) is 0. The number of primary amides is 1. The third-order valence-electron chi connectivity index (χ3n) is 2.45. The number of hydrogen-bond acceptors (Lipinski definition) is 5. The lowest BCUT2D eigenvalue weighted by molar-refractivity contribution is -0.119. The van der Waals surface area contributed by atoms with Gasteiger partial charge in [-0.05, 0) is 35.9 Å². The third kappa shape index (κ3) is 4.35. The van der Waals surface area contributed by atoms with Crippen LogP contribution in [0, 0.1) is 0 Å². The molecule has 22 heavy (non-hydrogen) atoms. The van der Waals surface area contributed by atoms with Crippen molar-refractivity contribution in [3.63, 3.8) is 0 Å². The molecule has 0 fully saturated rings. The molecule has 0 aliphatic heterocycles. The van der Waals surface area contributed by atoms with Gasteiger partial charge in [0, 0.05) is 0 Å². The van der Waals surface area contributed by atoms with Gasteiger partial charge in [0.25, 0.3) is 5.91 Å². The van der Waals surface area contributed by atoms with Gasteiger partial charge in [-0.25, -0.2) is 5.43 Å². The molecule has 1 heterocycles. The highest BCUT2D eigenvalue weighted by atomic mass is 35.5. The first kappa shape index (κ1) is 15.6. The fourth-order valence-corrected chi connectivity index (χ4v) is 1.74. The van der Waals surface area contributed by atoms with E-state index in [1.807, 2.05) is 0 Å². The maximum atomic E-state index is 11.6. The van der Waals surface area contributed by atoms with Crippen molar-refractivity contribution in [3.8, 4) is 5.75 Å². The van der Waals surface area contributed by atoms with E-state index in [0.717, 1.165) is 0 Å². The van der Waals surface area contributed by atoms with Gasteiger partial charge < -0.3 is 14.9 Å². The van der Waals surface area contributed by atoms with Gasteiger partial charge in [0.1, 0.15) is 5.75 Å². The molecule has 0 saturated heterocycles. The summed E-state index contributed by atoms with van der Waals surface area (Å²) in [6, 6.07) is 7.92. The summed E-state index contributed by atoms with van der Waals surface area (Å²) >= 11 is 5.99. The van der Waals surface area contributed by atoms with Crippen molar-refractivity contribution < 1.29 is 18.7 Å². The number of ether oxygens (including phenoxy) is 1. The maximum Gasteiger partial charge on any atom is 0.307 e. The van der Waals surface area contributed by atoms with Crippen molar-refractivity contribution in [2.24, 2.45) is 10.8 Å². The molecule has 2 amide bonds. The number of hydrazone groups is 1. The van der Waals surface area contributed by atoms with Crippen molar-refractivity contribution in [1.29, 1.82) is 0 Å². The second-order valence-corrected chi connectivity index (χ2v) is 4.53. The highest BCUT2D eigenvalue weighted by molar-refractivity contribution is 6.32. The van der Waals surface area contributed by atoms with Crippen LogP contribution in [0.15, 0.2) is 46.1 Å². The Morgan fingerprint density at radius 2 is 2.23 bits per heavy atom. The first-order chi connectivity index (χ1) is 10.6. The summed E-state index contributed by atoms with van der Waals surface area (Å²) in [4.78, 5) is 22.2. The third-order valence-corrected chi connectivity index (χ3v) is 2.75. The Labute approximate surface area is 130 Å². The number of carbonyl (C=O) groups is 2. The Kier molecular flexibility index (Phi) is 5.16. The summed E-state index contributed by atoms with van der Waals surface area (Å²) < 4.78 is 10.0. The summed E-state index contributed by atoms with van der Waals surface area (Å²) in [5, 5.41) is 4.08. The zero-order valence-corrected chi connectivity index (χ0v) is 12.0. The molecule has 0 unspecified atom stereocenters. The molecule has 0 bridgehead atoms. The summed E-state index contributed by atoms with van der Waals surface area (Å²) in [6.45, 7) is -0.258. The largest absolute Gasteiger partial charge is 0.482 e. The van der Waals surface area contributed by atoms with Gasteiger partial charge in [0.2, 0.25) is 0 Å². The first-order valence-electron chi connectivity index (χ1n) is 6.14. The number of furan rings is 1. The molecule has 0 aliphatic rings. The van der Waals surface area contributed by atoms with E-state index >= 15 is 0 Å². The van der Waals surface area contributed by atoms with Crippen LogP contribution in [-0.2, 0) is 4.79 Å². The standard InChI is InChI=1S/C14H12ClN3O4/c15-10-6-9(3-4-11(10)22-8-13(16)19)7-17-18-14(20)12-2-1-5-21-12/h1-7H,8H2,(H2,16,19)(H,18,20). The van der Waals surface area contributed by atoms with E-state index in [-0.39, 0.29) is 12.4 Å². The van der Waals surface area contributed by atoms with Crippen LogP contribution in [0.2, 0.25) is 5.02 Å². The lowest BCUT2D eigenvalue weighted by atomic mass is 10.2. The van der Waals surface area contributed by atoms with E-state index in [1.54, 1.807) is 24.3 Å². The van der Waals surface area contributed by atoms with Crippen LogP contribution in [0.1, 0.15) is 16.1 Å². The zero-order chi connectivity index (χ0) is 15.9. The molecule has 8 heteroatoms. The van der Waals surface area contributed by atoms with Crippen LogP contribution < -0.4 is 15.9 Å². The smallest absolute Gasteiger partial charge is 0.307 e. The van der Waals surface area contributed by atoms with Crippen LogP contribution in [0.4, 0.5) is 0 Å². The van der Waals surface area contributed by atoms with Gasteiger partial charge in [-0.2, -0.15) is 5.10 Å². The average Bonchev–Trinajstić information content (AvgIpc) is 3.00. The molecule has 0 spiro atoms. The van der Waals surface area contributed by atoms with Gasteiger partial charge in [0.05, 0.1) is 17.5 Å². The number of nitrogens with zero attached hydrogens (tertiary/aromatic N) is 1. The Morgan fingerprint density at radius 3 is 2.86 bits per heavy atom. The van der Waals surface area contributed by atoms with Crippen LogP contribution in [-0.4, -0.2) is 24.6 Å². The van der Waals surface area contributed by atoms with Gasteiger partial charge >= 0.3 is 5.91 Å². The molecule has 114 valence electrons. The molecule has 7 nitrogen and oxygen atoms in total. The highest BCUT2D eigenvalue weighted by Crippen LogP contribution is 2.24. The second kappa shape index (κ2) is 7.28. The zero-order valence-electron chi connectivity index (χ0n) is 11.3. The quantitative estimate of drug-likeness (QED) is 0.622. The monoisotopic (exact) mass is 321 g/mol.